The van der Waals surface area contributed by atoms with Gasteiger partial charge in [0.05, 0.1) is 18.2 Å². The van der Waals surface area contributed by atoms with Crippen LogP contribution >= 0.6 is 18.6 Å². The highest BCUT2D eigenvalue weighted by Gasteiger charge is 2.60. The molecule has 0 bridgehead atoms. The first kappa shape index (κ1) is 34.7. The molecule has 11 heteroatoms. The lowest BCUT2D eigenvalue weighted by Gasteiger charge is -2.50. The summed E-state index contributed by atoms with van der Waals surface area (Å²) >= 11 is 0.792. The van der Waals surface area contributed by atoms with Gasteiger partial charge in [-0.1, -0.05) is 127 Å². The van der Waals surface area contributed by atoms with Gasteiger partial charge in [-0.15, -0.1) is 0 Å². The summed E-state index contributed by atoms with van der Waals surface area (Å²) in [6.07, 6.45) is 0. The number of hydrogen-bond donors (Lipinski definition) is 0. The number of fused-ring (bicyclic) bond motifs is 1. The van der Waals surface area contributed by atoms with Crippen LogP contribution in [-0.4, -0.2) is 62.5 Å². The zero-order chi connectivity index (χ0) is 36.4. The number of amides is 3. The van der Waals surface area contributed by atoms with E-state index in [0.717, 1.165) is 32.6 Å². The van der Waals surface area contributed by atoms with Gasteiger partial charge in [0.1, 0.15) is 29.2 Å². The fourth-order valence-electron chi connectivity index (χ4n) is 6.76. The number of carbonyl (C=O) groups is 5. The van der Waals surface area contributed by atoms with Crippen molar-refractivity contribution in [3.05, 3.63) is 156 Å². The van der Waals surface area contributed by atoms with E-state index in [4.69, 9.17) is 9.47 Å². The molecule has 52 heavy (non-hydrogen) atoms. The summed E-state index contributed by atoms with van der Waals surface area (Å²) in [5.41, 5.74) is 1.06. The van der Waals surface area contributed by atoms with Crippen LogP contribution in [0.25, 0.3) is 0 Å². The molecule has 260 valence electrons. The first-order chi connectivity index (χ1) is 25.3. The number of esters is 1. The Balaban J connectivity index is 1.48. The molecule has 3 amide bonds. The zero-order valence-electron chi connectivity index (χ0n) is 28.2. The minimum atomic E-state index is -3.33. The Morgan fingerprint density at radius 2 is 1.13 bits per heavy atom. The van der Waals surface area contributed by atoms with E-state index in [-0.39, 0.29) is 28.3 Å². The zero-order valence-corrected chi connectivity index (χ0v) is 30.0. The molecule has 2 unspecified atom stereocenters. The van der Waals surface area contributed by atoms with Crippen molar-refractivity contribution in [2.45, 2.75) is 24.9 Å². The Hall–Kier alpha value is -5.70. The second kappa shape index (κ2) is 14.5. The lowest BCUT2D eigenvalue weighted by atomic mass is 10.1. The van der Waals surface area contributed by atoms with Crippen molar-refractivity contribution in [3.63, 3.8) is 0 Å². The van der Waals surface area contributed by atoms with Crippen LogP contribution in [0, 0.1) is 0 Å². The molecule has 2 aliphatic heterocycles. The molecule has 2 heterocycles. The molecule has 0 aromatic heterocycles. The second-order valence-electron chi connectivity index (χ2n) is 12.1. The summed E-state index contributed by atoms with van der Waals surface area (Å²) in [5.74, 6) is -2.07. The third kappa shape index (κ3) is 5.93. The minimum absolute atomic E-state index is 0.0289. The molecule has 5 aromatic carbocycles. The van der Waals surface area contributed by atoms with E-state index in [1.54, 1.807) is 43.5 Å². The number of thioether (sulfide) groups is 1. The van der Waals surface area contributed by atoms with Crippen molar-refractivity contribution in [1.82, 2.24) is 9.80 Å². The van der Waals surface area contributed by atoms with Crippen molar-refractivity contribution >= 4 is 68.8 Å². The van der Waals surface area contributed by atoms with Gasteiger partial charge < -0.3 is 9.47 Å². The van der Waals surface area contributed by atoms with Crippen molar-refractivity contribution < 1.29 is 33.4 Å². The lowest BCUT2D eigenvalue weighted by Crippen LogP contribution is -2.73. The van der Waals surface area contributed by atoms with Crippen LogP contribution in [0.2, 0.25) is 0 Å². The van der Waals surface area contributed by atoms with E-state index in [1.165, 1.54) is 24.0 Å². The predicted octanol–water partition coefficient (Wildman–Crippen LogP) is 4.98. The molecule has 0 spiro atoms. The predicted molar refractivity (Wildman–Crippen MR) is 203 cm³/mol. The van der Waals surface area contributed by atoms with E-state index in [0.29, 0.717) is 11.3 Å². The SMILES string of the molecule is COc1ccc(COC(=O)C(N2C(=O)C(N3C(=O)c4ccccc4C3=O)C2SC(C)=O)=P(c2ccccc2)(c2ccccc2)c2ccccc2)cc1. The number of benzene rings is 5. The highest BCUT2D eigenvalue weighted by Crippen LogP contribution is 2.50. The van der Waals surface area contributed by atoms with E-state index in [2.05, 4.69) is 0 Å². The molecular formula is C41H33N2O7PS. The number of methoxy groups -OCH3 is 1. The average Bonchev–Trinajstić information content (AvgIpc) is 3.43. The largest absolute Gasteiger partial charge is 0.497 e. The number of ether oxygens (including phenoxy) is 2. The van der Waals surface area contributed by atoms with Gasteiger partial charge in [0.2, 0.25) is 0 Å². The monoisotopic (exact) mass is 728 g/mol. The third-order valence-corrected chi connectivity index (χ3v) is 14.4. The van der Waals surface area contributed by atoms with E-state index in [9.17, 15) is 19.2 Å². The molecule has 1 saturated heterocycles. The number of likely N-dealkylation sites (tertiary alicyclic amines) is 1. The molecule has 0 N–H and O–H groups in total. The number of β-lactam (4-membered cyclic amide) rings is 1. The maximum Gasteiger partial charge on any atom is 0.356 e. The van der Waals surface area contributed by atoms with E-state index in [1.807, 2.05) is 91.0 Å². The molecule has 9 nitrogen and oxygen atoms in total. The smallest absolute Gasteiger partial charge is 0.356 e. The normalized spacial score (nSPS) is 16.6. The Bertz CT molecular complexity index is 2110. The van der Waals surface area contributed by atoms with Crippen LogP contribution in [0.3, 0.4) is 0 Å². The Morgan fingerprint density at radius 1 is 0.673 bits per heavy atom. The lowest BCUT2D eigenvalue weighted by molar-refractivity contribution is -0.147. The van der Waals surface area contributed by atoms with Gasteiger partial charge in [0.25, 0.3) is 17.7 Å². The van der Waals surface area contributed by atoms with Crippen LogP contribution in [0.1, 0.15) is 33.2 Å². The van der Waals surface area contributed by atoms with Crippen LogP contribution in [0.15, 0.2) is 140 Å². The van der Waals surface area contributed by atoms with Gasteiger partial charge in [-0.05, 0) is 45.7 Å². The van der Waals surface area contributed by atoms with Gasteiger partial charge >= 0.3 is 5.97 Å². The highest BCUT2D eigenvalue weighted by molar-refractivity contribution is 8.14. The Kier molecular flexibility index (Phi) is 9.69. The van der Waals surface area contributed by atoms with Gasteiger partial charge in [0, 0.05) is 13.8 Å². The van der Waals surface area contributed by atoms with Crippen LogP contribution in [0.5, 0.6) is 5.75 Å². The topological polar surface area (TPSA) is 110 Å². The molecule has 5 aromatic rings. The van der Waals surface area contributed by atoms with Gasteiger partial charge in [-0.25, -0.2) is 4.79 Å². The van der Waals surface area contributed by atoms with Crippen molar-refractivity contribution in [1.29, 1.82) is 0 Å². The molecule has 2 atom stereocenters. The fraction of sp³-hybridized carbons (Fsp3) is 0.122. The summed E-state index contributed by atoms with van der Waals surface area (Å²) in [4.78, 5) is 72.6. The number of hydrogen-bond acceptors (Lipinski definition) is 8. The van der Waals surface area contributed by atoms with Crippen LogP contribution in [-0.2, 0) is 25.7 Å². The summed E-state index contributed by atoms with van der Waals surface area (Å²) in [5, 5.41) is 0.788. The summed E-state index contributed by atoms with van der Waals surface area (Å²) in [6.45, 7) is -2.10. The fourth-order valence-corrected chi connectivity index (χ4v) is 12.2. The summed E-state index contributed by atoms with van der Waals surface area (Å²) in [7, 11) is 1.56. The number of carbonyl (C=O) groups excluding carboxylic acids is 5. The van der Waals surface area contributed by atoms with Crippen LogP contribution < -0.4 is 20.7 Å². The molecular weight excluding hydrogens is 695 g/mol. The average molecular weight is 729 g/mol. The van der Waals surface area contributed by atoms with Gasteiger partial charge in [-0.2, -0.15) is 0 Å². The first-order valence-corrected chi connectivity index (χ1v) is 19.1. The Labute approximate surface area is 305 Å². The molecule has 2 aliphatic rings. The minimum Gasteiger partial charge on any atom is -0.497 e. The molecule has 7 rings (SSSR count). The third-order valence-electron chi connectivity index (χ3n) is 9.09. The highest BCUT2D eigenvalue weighted by atomic mass is 32.2. The van der Waals surface area contributed by atoms with Gasteiger partial charge in [-0.3, -0.25) is 29.0 Å². The first-order valence-electron chi connectivity index (χ1n) is 16.5. The standard InChI is InChI=1S/C41H33N2O7PS/c1-27(44)52-40-35(42-36(45)33-20-12-13-21-34(33)37(42)46)38(47)43(40)39(41(48)50-26-28-22-24-29(49-2)25-23-28)51(30-14-6-3-7-15-30,31-16-8-4-9-17-31)32-18-10-5-11-19-32/h3-25,35,40H,26H2,1-2H3. The number of rotatable bonds is 10. The Morgan fingerprint density at radius 3 is 1.58 bits per heavy atom. The maximum atomic E-state index is 15.1. The van der Waals surface area contributed by atoms with Crippen LogP contribution in [0.4, 0.5) is 0 Å². The van der Waals surface area contributed by atoms with E-state index >= 15 is 4.79 Å². The van der Waals surface area contributed by atoms with Crippen molar-refractivity contribution in [3.8, 4) is 5.75 Å². The molecule has 0 radical (unpaired) electrons. The number of nitrogens with zero attached hydrogens (tertiary/aromatic N) is 2. The molecule has 0 saturated carbocycles. The second-order valence-corrected chi connectivity index (χ2v) is 16.7. The molecule has 1 fully saturated rings. The summed E-state index contributed by atoms with van der Waals surface area (Å²) < 4.78 is 11.4. The summed E-state index contributed by atoms with van der Waals surface area (Å²) in [6, 6.07) is 40.5. The van der Waals surface area contributed by atoms with Gasteiger partial charge in [0.15, 0.2) is 5.12 Å². The van der Waals surface area contributed by atoms with E-state index < -0.39 is 42.0 Å². The molecule has 0 aliphatic carbocycles. The van der Waals surface area contributed by atoms with Crippen molar-refractivity contribution in [2.24, 2.45) is 0 Å². The van der Waals surface area contributed by atoms with Crippen molar-refractivity contribution in [2.75, 3.05) is 7.11 Å². The number of imide groups is 1. The quantitative estimate of drug-likeness (QED) is 0.0859. The maximum absolute atomic E-state index is 15.1.